The first kappa shape index (κ1) is 8.86. The molecule has 74 valence electrons. The lowest BCUT2D eigenvalue weighted by atomic mass is 9.99. The second kappa shape index (κ2) is 3.31. The Morgan fingerprint density at radius 3 is 2.80 bits per heavy atom. The van der Waals surface area contributed by atoms with E-state index in [1.54, 1.807) is 0 Å². The van der Waals surface area contributed by atoms with Gasteiger partial charge in [-0.2, -0.15) is 0 Å². The lowest BCUT2D eigenvalue weighted by Gasteiger charge is -2.19. The molecule has 0 aromatic heterocycles. The average molecular weight is 213 g/mol. The van der Waals surface area contributed by atoms with E-state index in [4.69, 9.17) is 5.73 Å². The van der Waals surface area contributed by atoms with Crippen LogP contribution in [0.4, 0.5) is 5.69 Å². The molecule has 1 heterocycles. The molecule has 0 amide bonds. The van der Waals surface area contributed by atoms with E-state index < -0.39 is 0 Å². The Hall–Kier alpha value is -1.41. The Morgan fingerprint density at radius 1 is 1.00 bits per heavy atom. The third kappa shape index (κ3) is 1.41. The van der Waals surface area contributed by atoms with E-state index in [1.165, 1.54) is 21.6 Å². The van der Waals surface area contributed by atoms with Crippen LogP contribution in [0, 0.1) is 0 Å². The van der Waals surface area contributed by atoms with Crippen molar-refractivity contribution in [2.24, 2.45) is 0 Å². The first-order valence-corrected chi connectivity index (χ1v) is 5.94. The molecule has 0 saturated carbocycles. The number of benzene rings is 2. The van der Waals surface area contributed by atoms with Crippen molar-refractivity contribution >= 4 is 17.4 Å². The van der Waals surface area contributed by atoms with Crippen molar-refractivity contribution in [1.82, 2.24) is 0 Å². The quantitative estimate of drug-likeness (QED) is 0.677. The first-order chi connectivity index (χ1) is 7.34. The van der Waals surface area contributed by atoms with Crippen molar-refractivity contribution in [2.75, 3.05) is 5.73 Å². The Balaban J connectivity index is 2.26. The second-order valence-electron chi connectivity index (χ2n) is 3.70. The van der Waals surface area contributed by atoms with Crippen LogP contribution in [0.25, 0.3) is 11.1 Å². The highest BCUT2D eigenvalue weighted by Crippen LogP contribution is 2.41. The van der Waals surface area contributed by atoms with Crippen LogP contribution < -0.4 is 5.73 Å². The van der Waals surface area contributed by atoms with Gasteiger partial charge in [-0.25, -0.2) is 0 Å². The maximum atomic E-state index is 5.79. The molecular weight excluding hydrogens is 202 g/mol. The minimum Gasteiger partial charge on any atom is -0.399 e. The third-order valence-corrected chi connectivity index (χ3v) is 3.81. The van der Waals surface area contributed by atoms with Gasteiger partial charge in [0.1, 0.15) is 0 Å². The lowest BCUT2D eigenvalue weighted by molar-refractivity contribution is 1.32. The maximum Gasteiger partial charge on any atom is 0.0317 e. The summed E-state index contributed by atoms with van der Waals surface area (Å²) in [5.41, 5.74) is 10.7. The molecule has 3 rings (SSSR count). The summed E-state index contributed by atoms with van der Waals surface area (Å²) in [6.45, 7) is 0. The number of rotatable bonds is 0. The summed E-state index contributed by atoms with van der Waals surface area (Å²) < 4.78 is 0. The Labute approximate surface area is 93.3 Å². The summed E-state index contributed by atoms with van der Waals surface area (Å²) in [4.78, 5) is 1.37. The van der Waals surface area contributed by atoms with E-state index in [0.29, 0.717) is 0 Å². The fraction of sp³-hybridized carbons (Fsp3) is 0.0769. The van der Waals surface area contributed by atoms with Crippen molar-refractivity contribution < 1.29 is 0 Å². The van der Waals surface area contributed by atoms with Gasteiger partial charge in [0, 0.05) is 16.3 Å². The monoisotopic (exact) mass is 213 g/mol. The molecule has 0 unspecified atom stereocenters. The molecule has 0 atom stereocenters. The van der Waals surface area contributed by atoms with E-state index in [1.807, 2.05) is 17.8 Å². The van der Waals surface area contributed by atoms with Crippen molar-refractivity contribution in [2.45, 2.75) is 10.6 Å². The summed E-state index contributed by atoms with van der Waals surface area (Å²) in [6, 6.07) is 14.7. The van der Waals surface area contributed by atoms with Gasteiger partial charge < -0.3 is 5.73 Å². The van der Waals surface area contributed by atoms with Gasteiger partial charge in [0.05, 0.1) is 0 Å². The van der Waals surface area contributed by atoms with Gasteiger partial charge in [0.25, 0.3) is 0 Å². The van der Waals surface area contributed by atoms with Crippen LogP contribution in [0.2, 0.25) is 0 Å². The molecule has 2 N–H and O–H groups in total. The molecule has 1 nitrogen and oxygen atoms in total. The summed E-state index contributed by atoms with van der Waals surface area (Å²) in [6.07, 6.45) is 0. The van der Waals surface area contributed by atoms with Crippen molar-refractivity contribution in [1.29, 1.82) is 0 Å². The summed E-state index contributed by atoms with van der Waals surface area (Å²) in [5.74, 6) is 1.03. The lowest BCUT2D eigenvalue weighted by Crippen LogP contribution is -1.97. The highest BCUT2D eigenvalue weighted by molar-refractivity contribution is 7.98. The predicted molar refractivity (Wildman–Crippen MR) is 65.9 cm³/mol. The van der Waals surface area contributed by atoms with Crippen LogP contribution in [0.5, 0.6) is 0 Å². The molecule has 0 radical (unpaired) electrons. The fourth-order valence-electron chi connectivity index (χ4n) is 1.97. The molecule has 0 spiro atoms. The first-order valence-electron chi connectivity index (χ1n) is 4.95. The van der Waals surface area contributed by atoms with Crippen LogP contribution in [0.15, 0.2) is 47.4 Å². The van der Waals surface area contributed by atoms with Crippen LogP contribution in [-0.4, -0.2) is 0 Å². The topological polar surface area (TPSA) is 26.0 Å². The van der Waals surface area contributed by atoms with Gasteiger partial charge in [-0.15, -0.1) is 11.8 Å². The van der Waals surface area contributed by atoms with E-state index in [9.17, 15) is 0 Å². The zero-order valence-corrected chi connectivity index (χ0v) is 9.05. The predicted octanol–water partition coefficient (Wildman–Crippen LogP) is 3.54. The number of nitrogen functional groups attached to an aromatic ring is 1. The Bertz CT molecular complexity index is 520. The summed E-state index contributed by atoms with van der Waals surface area (Å²) in [7, 11) is 0. The van der Waals surface area contributed by atoms with E-state index >= 15 is 0 Å². The molecule has 2 heteroatoms. The van der Waals surface area contributed by atoms with Gasteiger partial charge in [-0.3, -0.25) is 0 Å². The standard InChI is InChI=1S/C13H11NS/c14-10-5-6-11-9(7-10)8-15-13-4-2-1-3-12(11)13/h1-7H,8,14H2. The Morgan fingerprint density at radius 2 is 1.87 bits per heavy atom. The molecule has 0 aliphatic carbocycles. The highest BCUT2D eigenvalue weighted by atomic mass is 32.2. The largest absolute Gasteiger partial charge is 0.399 e. The van der Waals surface area contributed by atoms with E-state index in [2.05, 4.69) is 36.4 Å². The average Bonchev–Trinajstić information content (AvgIpc) is 2.28. The molecule has 0 fully saturated rings. The van der Waals surface area contributed by atoms with E-state index in [0.717, 1.165) is 11.4 Å². The van der Waals surface area contributed by atoms with Crippen LogP contribution in [-0.2, 0) is 5.75 Å². The molecule has 0 saturated heterocycles. The second-order valence-corrected chi connectivity index (χ2v) is 4.72. The molecule has 0 bridgehead atoms. The third-order valence-electron chi connectivity index (χ3n) is 2.69. The van der Waals surface area contributed by atoms with Crippen LogP contribution in [0.3, 0.4) is 0 Å². The molecule has 2 aromatic carbocycles. The van der Waals surface area contributed by atoms with Crippen LogP contribution in [0.1, 0.15) is 5.56 Å². The smallest absolute Gasteiger partial charge is 0.0317 e. The zero-order chi connectivity index (χ0) is 10.3. The molecule has 2 aromatic rings. The van der Waals surface area contributed by atoms with E-state index in [-0.39, 0.29) is 0 Å². The maximum absolute atomic E-state index is 5.79. The minimum atomic E-state index is 0.855. The van der Waals surface area contributed by atoms with Gasteiger partial charge in [-0.05, 0) is 34.9 Å². The number of fused-ring (bicyclic) bond motifs is 3. The number of thioether (sulfide) groups is 1. The summed E-state index contributed by atoms with van der Waals surface area (Å²) >= 11 is 1.88. The van der Waals surface area contributed by atoms with Crippen molar-refractivity contribution in [3.05, 3.63) is 48.0 Å². The number of hydrogen-bond donors (Lipinski definition) is 1. The van der Waals surface area contributed by atoms with Gasteiger partial charge in [0.2, 0.25) is 0 Å². The highest BCUT2D eigenvalue weighted by Gasteiger charge is 2.15. The normalized spacial score (nSPS) is 13.1. The zero-order valence-electron chi connectivity index (χ0n) is 8.23. The van der Waals surface area contributed by atoms with Gasteiger partial charge >= 0.3 is 0 Å². The number of nitrogens with two attached hydrogens (primary N) is 1. The molecule has 1 aliphatic rings. The van der Waals surface area contributed by atoms with Crippen molar-refractivity contribution in [3.8, 4) is 11.1 Å². The van der Waals surface area contributed by atoms with Crippen LogP contribution >= 0.6 is 11.8 Å². The Kier molecular flexibility index (Phi) is 1.96. The molecular formula is C13H11NS. The minimum absolute atomic E-state index is 0.855. The fourth-order valence-corrected chi connectivity index (χ4v) is 3.02. The molecule has 15 heavy (non-hydrogen) atoms. The number of hydrogen-bond acceptors (Lipinski definition) is 2. The van der Waals surface area contributed by atoms with Crippen molar-refractivity contribution in [3.63, 3.8) is 0 Å². The number of anilines is 1. The van der Waals surface area contributed by atoms with Gasteiger partial charge in [-0.1, -0.05) is 24.3 Å². The molecule has 1 aliphatic heterocycles. The van der Waals surface area contributed by atoms with Gasteiger partial charge in [0.15, 0.2) is 0 Å². The SMILES string of the molecule is Nc1ccc2c(c1)CSc1ccccc1-2. The summed E-state index contributed by atoms with van der Waals surface area (Å²) in [5, 5.41) is 0.